The summed E-state index contributed by atoms with van der Waals surface area (Å²) in [5.41, 5.74) is 5.61. The highest BCUT2D eigenvalue weighted by Gasteiger charge is 2.14. The molecule has 0 saturated carbocycles. The van der Waals surface area contributed by atoms with Crippen LogP contribution >= 0.6 is 11.6 Å². The van der Waals surface area contributed by atoms with Crippen molar-refractivity contribution in [3.8, 4) is 23.0 Å². The van der Waals surface area contributed by atoms with Gasteiger partial charge >= 0.3 is 0 Å². The van der Waals surface area contributed by atoms with Crippen LogP contribution in [0.25, 0.3) is 0 Å². The molecular formula is C26H27ClN2O5. The van der Waals surface area contributed by atoms with Gasteiger partial charge in [0.2, 0.25) is 5.75 Å². The standard InChI is InChI=1S/C26H27ClN2O5/c1-16(2)19-7-5-17(6-8-19)15-34-25-23(32-3)11-18(12-24(25)33-4)14-28-29-26(31)20-9-10-22(30)21(27)13-20/h5-14,16,30H,15H2,1-4H3,(H,29,31). The van der Waals surface area contributed by atoms with Crippen molar-refractivity contribution >= 4 is 23.7 Å². The van der Waals surface area contributed by atoms with Gasteiger partial charge in [-0.2, -0.15) is 5.10 Å². The minimum absolute atomic E-state index is 0.0811. The van der Waals surface area contributed by atoms with Crippen LogP contribution in [0, 0.1) is 0 Å². The molecule has 0 unspecified atom stereocenters. The number of carbonyl (C=O) groups excluding carboxylic acids is 1. The molecule has 7 nitrogen and oxygen atoms in total. The number of rotatable bonds is 9. The van der Waals surface area contributed by atoms with Crippen molar-refractivity contribution in [3.05, 3.63) is 81.9 Å². The van der Waals surface area contributed by atoms with Crippen molar-refractivity contribution in [3.63, 3.8) is 0 Å². The Labute approximate surface area is 203 Å². The van der Waals surface area contributed by atoms with Crippen molar-refractivity contribution in [1.82, 2.24) is 5.43 Å². The van der Waals surface area contributed by atoms with Crippen molar-refractivity contribution < 1.29 is 24.1 Å². The number of hydrazone groups is 1. The number of methoxy groups -OCH3 is 2. The van der Waals surface area contributed by atoms with Gasteiger partial charge in [0.05, 0.1) is 25.5 Å². The van der Waals surface area contributed by atoms with Crippen LogP contribution in [0.3, 0.4) is 0 Å². The van der Waals surface area contributed by atoms with Crippen LogP contribution < -0.4 is 19.6 Å². The van der Waals surface area contributed by atoms with Gasteiger partial charge in [0.25, 0.3) is 5.91 Å². The summed E-state index contributed by atoms with van der Waals surface area (Å²) in [6, 6.07) is 15.9. The van der Waals surface area contributed by atoms with E-state index >= 15 is 0 Å². The highest BCUT2D eigenvalue weighted by molar-refractivity contribution is 6.32. The van der Waals surface area contributed by atoms with Gasteiger partial charge in [0.15, 0.2) is 11.5 Å². The summed E-state index contributed by atoms with van der Waals surface area (Å²) in [6.07, 6.45) is 1.46. The van der Waals surface area contributed by atoms with Crippen molar-refractivity contribution in [1.29, 1.82) is 0 Å². The zero-order valence-electron chi connectivity index (χ0n) is 19.5. The summed E-state index contributed by atoms with van der Waals surface area (Å²) >= 11 is 5.85. The summed E-state index contributed by atoms with van der Waals surface area (Å²) < 4.78 is 17.0. The molecular weight excluding hydrogens is 456 g/mol. The molecule has 0 heterocycles. The average molecular weight is 483 g/mol. The first-order valence-corrected chi connectivity index (χ1v) is 11.0. The lowest BCUT2D eigenvalue weighted by Crippen LogP contribution is -2.17. The second-order valence-corrected chi connectivity index (χ2v) is 8.21. The number of carbonyl (C=O) groups is 1. The van der Waals surface area contributed by atoms with E-state index in [0.29, 0.717) is 35.3 Å². The zero-order valence-corrected chi connectivity index (χ0v) is 20.2. The summed E-state index contributed by atoms with van der Waals surface area (Å²) in [6.45, 7) is 4.66. The van der Waals surface area contributed by atoms with E-state index in [1.54, 1.807) is 12.1 Å². The maximum Gasteiger partial charge on any atom is 0.271 e. The Bertz CT molecular complexity index is 1150. The fraction of sp³-hybridized carbons (Fsp3) is 0.231. The van der Waals surface area contributed by atoms with Gasteiger partial charge in [0, 0.05) is 11.1 Å². The Morgan fingerprint density at radius 3 is 2.26 bits per heavy atom. The normalized spacial score (nSPS) is 11.0. The van der Waals surface area contributed by atoms with E-state index in [9.17, 15) is 9.90 Å². The van der Waals surface area contributed by atoms with E-state index in [-0.39, 0.29) is 16.3 Å². The Morgan fingerprint density at radius 1 is 1.06 bits per heavy atom. The number of halogens is 1. The SMILES string of the molecule is COc1cc(C=NNC(=O)c2ccc(O)c(Cl)c2)cc(OC)c1OCc1ccc(C(C)C)cc1. The van der Waals surface area contributed by atoms with E-state index in [1.807, 2.05) is 12.1 Å². The predicted octanol–water partition coefficient (Wildman–Crippen LogP) is 5.53. The van der Waals surface area contributed by atoms with E-state index in [4.69, 9.17) is 25.8 Å². The number of aromatic hydroxyl groups is 1. The molecule has 0 radical (unpaired) electrons. The van der Waals surface area contributed by atoms with Crippen LogP contribution in [0.2, 0.25) is 5.02 Å². The summed E-state index contributed by atoms with van der Waals surface area (Å²) in [5, 5.41) is 13.5. The lowest BCUT2D eigenvalue weighted by atomic mass is 10.0. The van der Waals surface area contributed by atoms with E-state index in [0.717, 1.165) is 5.56 Å². The van der Waals surface area contributed by atoms with Crippen LogP contribution in [0.4, 0.5) is 0 Å². The second-order valence-electron chi connectivity index (χ2n) is 7.80. The quantitative estimate of drug-likeness (QED) is 0.309. The maximum absolute atomic E-state index is 12.2. The lowest BCUT2D eigenvalue weighted by Gasteiger charge is -2.15. The third-order valence-electron chi connectivity index (χ3n) is 5.10. The van der Waals surface area contributed by atoms with Crippen molar-refractivity contribution in [2.45, 2.75) is 26.4 Å². The lowest BCUT2D eigenvalue weighted by molar-refractivity contribution is 0.0955. The number of hydrogen-bond donors (Lipinski definition) is 2. The van der Waals surface area contributed by atoms with Gasteiger partial charge in [-0.05, 0) is 47.4 Å². The number of amides is 1. The topological polar surface area (TPSA) is 89.4 Å². The first-order valence-electron chi connectivity index (χ1n) is 10.6. The van der Waals surface area contributed by atoms with E-state index in [1.165, 1.54) is 44.2 Å². The molecule has 2 N–H and O–H groups in total. The van der Waals surface area contributed by atoms with Crippen molar-refractivity contribution in [2.24, 2.45) is 5.10 Å². The smallest absolute Gasteiger partial charge is 0.271 e. The molecule has 3 aromatic carbocycles. The zero-order chi connectivity index (χ0) is 24.7. The van der Waals surface area contributed by atoms with Crippen LogP contribution in [0.15, 0.2) is 59.7 Å². The number of benzene rings is 3. The summed E-state index contributed by atoms with van der Waals surface area (Å²) in [5.74, 6) is 1.30. The fourth-order valence-corrected chi connectivity index (χ4v) is 3.33. The molecule has 3 aromatic rings. The summed E-state index contributed by atoms with van der Waals surface area (Å²) in [4.78, 5) is 12.2. The molecule has 8 heteroatoms. The molecule has 0 aliphatic rings. The largest absolute Gasteiger partial charge is 0.506 e. The second kappa shape index (κ2) is 11.4. The molecule has 0 atom stereocenters. The van der Waals surface area contributed by atoms with Gasteiger partial charge in [-0.1, -0.05) is 49.7 Å². The monoisotopic (exact) mass is 482 g/mol. The number of phenols is 1. The van der Waals surface area contributed by atoms with Crippen LogP contribution in [-0.4, -0.2) is 31.4 Å². The molecule has 3 rings (SSSR count). The highest BCUT2D eigenvalue weighted by Crippen LogP contribution is 2.38. The molecule has 0 spiro atoms. The number of nitrogens with one attached hydrogen (secondary N) is 1. The Kier molecular flexibility index (Phi) is 8.38. The predicted molar refractivity (Wildman–Crippen MR) is 133 cm³/mol. The van der Waals surface area contributed by atoms with Crippen molar-refractivity contribution in [2.75, 3.05) is 14.2 Å². The molecule has 1 amide bonds. The van der Waals surface area contributed by atoms with Gasteiger partial charge in [0.1, 0.15) is 12.4 Å². The van der Waals surface area contributed by atoms with E-state index < -0.39 is 5.91 Å². The first-order chi connectivity index (χ1) is 16.3. The Morgan fingerprint density at radius 2 is 1.71 bits per heavy atom. The van der Waals surface area contributed by atoms with Crippen LogP contribution in [0.1, 0.15) is 46.8 Å². The third kappa shape index (κ3) is 6.20. The van der Waals surface area contributed by atoms with Crippen LogP contribution in [0.5, 0.6) is 23.0 Å². The molecule has 178 valence electrons. The minimum atomic E-state index is -0.472. The average Bonchev–Trinajstić information content (AvgIpc) is 2.84. The first kappa shape index (κ1) is 24.9. The number of ether oxygens (including phenoxy) is 3. The highest BCUT2D eigenvalue weighted by atomic mass is 35.5. The number of nitrogens with zero attached hydrogens (tertiary/aromatic N) is 1. The molecule has 0 aromatic heterocycles. The fourth-order valence-electron chi connectivity index (χ4n) is 3.15. The summed E-state index contributed by atoms with van der Waals surface area (Å²) in [7, 11) is 3.08. The molecule has 34 heavy (non-hydrogen) atoms. The van der Waals surface area contributed by atoms with Gasteiger partial charge in [-0.15, -0.1) is 0 Å². The molecule has 0 fully saturated rings. The molecule has 0 saturated heterocycles. The molecule has 0 aliphatic heterocycles. The Balaban J connectivity index is 1.72. The van der Waals surface area contributed by atoms with Crippen LogP contribution in [-0.2, 0) is 6.61 Å². The Hall–Kier alpha value is -3.71. The minimum Gasteiger partial charge on any atom is -0.506 e. The van der Waals surface area contributed by atoms with Gasteiger partial charge < -0.3 is 19.3 Å². The molecule has 0 bridgehead atoms. The van der Waals surface area contributed by atoms with E-state index in [2.05, 4.69) is 36.5 Å². The third-order valence-corrected chi connectivity index (χ3v) is 5.40. The maximum atomic E-state index is 12.2. The van der Waals surface area contributed by atoms with Gasteiger partial charge in [-0.3, -0.25) is 4.79 Å². The molecule has 0 aliphatic carbocycles. The number of phenolic OH excluding ortho intramolecular Hbond substituents is 1. The van der Waals surface area contributed by atoms with Gasteiger partial charge in [-0.25, -0.2) is 5.43 Å². The number of hydrogen-bond acceptors (Lipinski definition) is 6.